The zero-order chi connectivity index (χ0) is 11.5. The molecule has 0 amide bonds. The van der Waals surface area contributed by atoms with Crippen molar-refractivity contribution in [1.29, 1.82) is 0 Å². The summed E-state index contributed by atoms with van der Waals surface area (Å²) in [5, 5.41) is 8.84. The molecule has 1 aliphatic carbocycles. The molecule has 1 N–H and O–H groups in total. The van der Waals surface area contributed by atoms with Crippen LogP contribution in [0.3, 0.4) is 0 Å². The number of aliphatic carboxylic acids is 1. The Morgan fingerprint density at radius 1 is 1.44 bits per heavy atom. The summed E-state index contributed by atoms with van der Waals surface area (Å²) in [6.45, 7) is 2.12. The molecular formula is C14H16O2. The molecule has 0 heterocycles. The number of allylic oxidation sites excluding steroid dienone is 1. The molecule has 16 heavy (non-hydrogen) atoms. The second-order valence-corrected chi connectivity index (χ2v) is 4.21. The first kappa shape index (κ1) is 10.9. The van der Waals surface area contributed by atoms with E-state index in [9.17, 15) is 4.79 Å². The van der Waals surface area contributed by atoms with E-state index in [2.05, 4.69) is 25.1 Å². The highest BCUT2D eigenvalue weighted by atomic mass is 16.4. The van der Waals surface area contributed by atoms with Gasteiger partial charge in [0.15, 0.2) is 0 Å². The molecule has 1 aliphatic rings. The zero-order valence-electron chi connectivity index (χ0n) is 9.49. The van der Waals surface area contributed by atoms with E-state index in [1.54, 1.807) is 0 Å². The van der Waals surface area contributed by atoms with Gasteiger partial charge in [0.05, 0.1) is 0 Å². The van der Waals surface area contributed by atoms with Gasteiger partial charge < -0.3 is 5.11 Å². The van der Waals surface area contributed by atoms with Crippen molar-refractivity contribution >= 4 is 11.5 Å². The molecule has 2 heteroatoms. The first-order chi connectivity index (χ1) is 7.70. The number of hydrogen-bond acceptors (Lipinski definition) is 1. The normalized spacial score (nSPS) is 17.2. The molecular weight excluding hydrogens is 200 g/mol. The lowest BCUT2D eigenvalue weighted by Gasteiger charge is -2.19. The number of benzene rings is 1. The van der Waals surface area contributed by atoms with Gasteiger partial charge in [0, 0.05) is 6.08 Å². The second-order valence-electron chi connectivity index (χ2n) is 4.21. The molecule has 1 aromatic rings. The number of carbonyl (C=O) groups is 1. The number of hydrogen-bond donors (Lipinski definition) is 1. The van der Waals surface area contributed by atoms with Crippen LogP contribution >= 0.6 is 0 Å². The fourth-order valence-corrected chi connectivity index (χ4v) is 2.26. The molecule has 2 rings (SSSR count). The summed E-state index contributed by atoms with van der Waals surface area (Å²) in [6.07, 6.45) is 5.35. The average molecular weight is 216 g/mol. The van der Waals surface area contributed by atoms with Crippen molar-refractivity contribution in [3.8, 4) is 0 Å². The van der Waals surface area contributed by atoms with Gasteiger partial charge in [0.25, 0.3) is 0 Å². The molecule has 0 atom stereocenters. The highest BCUT2D eigenvalue weighted by molar-refractivity contribution is 5.91. The van der Waals surface area contributed by atoms with Gasteiger partial charge in [0.2, 0.25) is 0 Å². The summed E-state index contributed by atoms with van der Waals surface area (Å²) in [6, 6.07) is 6.43. The summed E-state index contributed by atoms with van der Waals surface area (Å²) in [7, 11) is 0. The third-order valence-corrected chi connectivity index (χ3v) is 3.12. The van der Waals surface area contributed by atoms with E-state index >= 15 is 0 Å². The monoisotopic (exact) mass is 216 g/mol. The first-order valence-corrected chi connectivity index (χ1v) is 5.76. The van der Waals surface area contributed by atoms with Crippen molar-refractivity contribution in [1.82, 2.24) is 0 Å². The molecule has 0 radical (unpaired) electrons. The number of aryl methyl sites for hydroxylation is 2. The summed E-state index contributed by atoms with van der Waals surface area (Å²) in [5.74, 6) is -0.843. The SMILES string of the molecule is CCc1ccc2c(c1)/C(=C/C(=O)O)CCC2. The Hall–Kier alpha value is -1.57. The lowest BCUT2D eigenvalue weighted by molar-refractivity contribution is -0.131. The Kier molecular flexibility index (Phi) is 3.09. The van der Waals surface area contributed by atoms with Gasteiger partial charge in [-0.3, -0.25) is 0 Å². The molecule has 0 spiro atoms. The lowest BCUT2D eigenvalue weighted by Crippen LogP contribution is -2.04. The van der Waals surface area contributed by atoms with Gasteiger partial charge in [-0.1, -0.05) is 25.1 Å². The van der Waals surface area contributed by atoms with E-state index < -0.39 is 5.97 Å². The first-order valence-electron chi connectivity index (χ1n) is 5.76. The molecule has 2 nitrogen and oxygen atoms in total. The molecule has 0 aliphatic heterocycles. The standard InChI is InChI=1S/C14H16O2/c1-2-10-6-7-11-4-3-5-12(9-14(15)16)13(11)8-10/h6-9H,2-5H2,1H3,(H,15,16)/b12-9+. The molecule has 0 fully saturated rings. The Morgan fingerprint density at radius 2 is 2.25 bits per heavy atom. The Bertz CT molecular complexity index is 444. The summed E-state index contributed by atoms with van der Waals surface area (Å²) >= 11 is 0. The van der Waals surface area contributed by atoms with E-state index in [0.29, 0.717) is 0 Å². The largest absolute Gasteiger partial charge is 0.478 e. The Morgan fingerprint density at radius 3 is 2.94 bits per heavy atom. The minimum atomic E-state index is -0.843. The summed E-state index contributed by atoms with van der Waals surface area (Å²) in [4.78, 5) is 10.8. The number of carboxylic acid groups (broad SMARTS) is 1. The summed E-state index contributed by atoms with van der Waals surface area (Å²) in [5.41, 5.74) is 4.69. The Balaban J connectivity index is 2.47. The van der Waals surface area contributed by atoms with E-state index in [1.165, 1.54) is 17.2 Å². The smallest absolute Gasteiger partial charge is 0.328 e. The predicted molar refractivity (Wildman–Crippen MR) is 64.4 cm³/mol. The van der Waals surface area contributed by atoms with Crippen molar-refractivity contribution in [3.05, 3.63) is 41.0 Å². The quantitative estimate of drug-likeness (QED) is 0.771. The van der Waals surface area contributed by atoms with Gasteiger partial charge in [0.1, 0.15) is 0 Å². The van der Waals surface area contributed by atoms with Crippen LogP contribution in [0, 0.1) is 0 Å². The van der Waals surface area contributed by atoms with Crippen LogP contribution in [-0.4, -0.2) is 11.1 Å². The molecule has 0 saturated carbocycles. The number of rotatable bonds is 2. The minimum absolute atomic E-state index is 0.843. The number of carboxylic acids is 1. The third kappa shape index (κ3) is 2.16. The van der Waals surface area contributed by atoms with E-state index in [1.807, 2.05) is 0 Å². The predicted octanol–water partition coefficient (Wildman–Crippen LogP) is 3.05. The molecule has 0 unspecified atom stereocenters. The van der Waals surface area contributed by atoms with Crippen LogP contribution in [-0.2, 0) is 17.6 Å². The van der Waals surface area contributed by atoms with Gasteiger partial charge >= 0.3 is 5.97 Å². The van der Waals surface area contributed by atoms with Crippen LogP contribution in [0.25, 0.3) is 5.57 Å². The van der Waals surface area contributed by atoms with Crippen molar-refractivity contribution in [2.45, 2.75) is 32.6 Å². The van der Waals surface area contributed by atoms with Crippen LogP contribution in [0.5, 0.6) is 0 Å². The van der Waals surface area contributed by atoms with Crippen LogP contribution in [0.4, 0.5) is 0 Å². The van der Waals surface area contributed by atoms with Crippen LogP contribution < -0.4 is 0 Å². The number of fused-ring (bicyclic) bond motifs is 1. The van der Waals surface area contributed by atoms with Crippen molar-refractivity contribution in [2.75, 3.05) is 0 Å². The highest BCUT2D eigenvalue weighted by Gasteiger charge is 2.15. The highest BCUT2D eigenvalue weighted by Crippen LogP contribution is 2.31. The van der Waals surface area contributed by atoms with Gasteiger partial charge in [-0.25, -0.2) is 4.79 Å². The average Bonchev–Trinajstić information content (AvgIpc) is 2.28. The van der Waals surface area contributed by atoms with Crippen molar-refractivity contribution in [3.63, 3.8) is 0 Å². The van der Waals surface area contributed by atoms with Crippen molar-refractivity contribution in [2.24, 2.45) is 0 Å². The van der Waals surface area contributed by atoms with Crippen LogP contribution in [0.2, 0.25) is 0 Å². The lowest BCUT2D eigenvalue weighted by atomic mass is 9.86. The second kappa shape index (κ2) is 4.52. The summed E-state index contributed by atoms with van der Waals surface area (Å²) < 4.78 is 0. The molecule has 0 aromatic heterocycles. The van der Waals surface area contributed by atoms with Crippen LogP contribution in [0.15, 0.2) is 24.3 Å². The topological polar surface area (TPSA) is 37.3 Å². The molecule has 0 saturated heterocycles. The van der Waals surface area contributed by atoms with Gasteiger partial charge in [-0.2, -0.15) is 0 Å². The van der Waals surface area contributed by atoms with Gasteiger partial charge in [-0.15, -0.1) is 0 Å². The molecule has 1 aromatic carbocycles. The minimum Gasteiger partial charge on any atom is -0.478 e. The third-order valence-electron chi connectivity index (χ3n) is 3.12. The van der Waals surface area contributed by atoms with Crippen molar-refractivity contribution < 1.29 is 9.90 Å². The maximum Gasteiger partial charge on any atom is 0.328 e. The maximum atomic E-state index is 10.8. The van der Waals surface area contributed by atoms with E-state index in [-0.39, 0.29) is 0 Å². The van der Waals surface area contributed by atoms with E-state index in [0.717, 1.165) is 36.8 Å². The maximum absolute atomic E-state index is 10.8. The Labute approximate surface area is 95.6 Å². The molecule has 0 bridgehead atoms. The van der Waals surface area contributed by atoms with Crippen LogP contribution in [0.1, 0.15) is 36.5 Å². The fourth-order valence-electron chi connectivity index (χ4n) is 2.26. The zero-order valence-corrected chi connectivity index (χ0v) is 9.49. The van der Waals surface area contributed by atoms with Gasteiger partial charge in [-0.05, 0) is 47.9 Å². The molecule has 84 valence electrons. The fraction of sp³-hybridized carbons (Fsp3) is 0.357. The van der Waals surface area contributed by atoms with E-state index in [4.69, 9.17) is 5.11 Å².